The summed E-state index contributed by atoms with van der Waals surface area (Å²) in [5, 5.41) is 11.2. The Kier molecular flexibility index (Phi) is 3.04. The van der Waals surface area contributed by atoms with Crippen molar-refractivity contribution in [2.75, 3.05) is 10.6 Å². The minimum absolute atomic E-state index is 0.144. The number of hydrogen-bond donors (Lipinski definition) is 3. The van der Waals surface area contributed by atoms with Gasteiger partial charge in [0.25, 0.3) is 0 Å². The number of aromatic nitrogens is 2. The first kappa shape index (κ1) is 11.1. The number of anilines is 2. The van der Waals surface area contributed by atoms with Gasteiger partial charge < -0.3 is 10.6 Å². The Bertz CT molecular complexity index is 524. The molecule has 0 spiro atoms. The predicted octanol–water partition coefficient (Wildman–Crippen LogP) is 2.50. The van der Waals surface area contributed by atoms with E-state index in [4.69, 9.17) is 0 Å². The van der Waals surface area contributed by atoms with Crippen LogP contribution < -0.4 is 10.6 Å². The Morgan fingerprint density at radius 2 is 2.24 bits per heavy atom. The van der Waals surface area contributed by atoms with Crippen LogP contribution in [-0.4, -0.2) is 16.2 Å². The van der Waals surface area contributed by atoms with Gasteiger partial charge in [-0.2, -0.15) is 5.10 Å². The normalized spacial score (nSPS) is 10.0. The zero-order chi connectivity index (χ0) is 12.3. The van der Waals surface area contributed by atoms with Crippen LogP contribution in [0.15, 0.2) is 30.6 Å². The molecule has 17 heavy (non-hydrogen) atoms. The molecule has 0 aliphatic heterocycles. The van der Waals surface area contributed by atoms with Crippen molar-refractivity contribution < 1.29 is 9.18 Å². The van der Waals surface area contributed by atoms with Crippen LogP contribution in [-0.2, 0) is 0 Å². The van der Waals surface area contributed by atoms with Crippen LogP contribution in [0, 0.1) is 12.7 Å². The Morgan fingerprint density at radius 1 is 1.41 bits per heavy atom. The molecule has 0 fully saturated rings. The van der Waals surface area contributed by atoms with Crippen LogP contribution >= 0.6 is 0 Å². The number of carbonyl (C=O) groups is 1. The summed E-state index contributed by atoms with van der Waals surface area (Å²) in [6.07, 6.45) is 2.97. The molecule has 0 unspecified atom stereocenters. The third-order valence-corrected chi connectivity index (χ3v) is 2.13. The molecular weight excluding hydrogens is 223 g/mol. The number of carbonyl (C=O) groups excluding carboxylic acids is 1. The summed E-state index contributed by atoms with van der Waals surface area (Å²) in [6.45, 7) is 1.82. The van der Waals surface area contributed by atoms with Gasteiger partial charge in [0.1, 0.15) is 5.82 Å². The predicted molar refractivity (Wildman–Crippen MR) is 62.4 cm³/mol. The van der Waals surface area contributed by atoms with E-state index in [1.807, 2.05) is 6.92 Å². The minimum atomic E-state index is -0.518. The van der Waals surface area contributed by atoms with Crippen LogP contribution in [0.4, 0.5) is 20.6 Å². The Morgan fingerprint density at radius 3 is 2.94 bits per heavy atom. The molecule has 2 aromatic rings. The Hall–Kier alpha value is -2.37. The molecule has 1 aromatic heterocycles. The van der Waals surface area contributed by atoms with Crippen molar-refractivity contribution in [2.45, 2.75) is 6.92 Å². The lowest BCUT2D eigenvalue weighted by Crippen LogP contribution is -2.19. The molecule has 0 radical (unpaired) electrons. The number of amides is 2. The summed E-state index contributed by atoms with van der Waals surface area (Å²) in [5.41, 5.74) is 1.52. The van der Waals surface area contributed by atoms with Gasteiger partial charge in [0, 0.05) is 6.20 Å². The summed E-state index contributed by atoms with van der Waals surface area (Å²) in [6, 6.07) is 3.98. The highest BCUT2D eigenvalue weighted by Gasteiger charge is 2.07. The lowest BCUT2D eigenvalue weighted by atomic mass is 10.2. The molecule has 88 valence electrons. The second kappa shape index (κ2) is 4.65. The second-order valence-corrected chi connectivity index (χ2v) is 3.55. The van der Waals surface area contributed by atoms with Gasteiger partial charge in [-0.05, 0) is 24.6 Å². The van der Waals surface area contributed by atoms with Crippen molar-refractivity contribution >= 4 is 17.4 Å². The quantitative estimate of drug-likeness (QED) is 0.747. The number of aryl methyl sites for hydroxylation is 1. The fourth-order valence-corrected chi connectivity index (χ4v) is 1.34. The van der Waals surface area contributed by atoms with Crippen molar-refractivity contribution in [3.05, 3.63) is 42.0 Å². The fourth-order valence-electron chi connectivity index (χ4n) is 1.34. The van der Waals surface area contributed by atoms with Crippen molar-refractivity contribution in [1.82, 2.24) is 10.2 Å². The number of rotatable bonds is 2. The first-order chi connectivity index (χ1) is 8.15. The molecular formula is C11H11FN4O. The number of urea groups is 1. The van der Waals surface area contributed by atoms with E-state index in [-0.39, 0.29) is 5.69 Å². The molecule has 0 saturated carbocycles. The van der Waals surface area contributed by atoms with Crippen LogP contribution in [0.5, 0.6) is 0 Å². The minimum Gasteiger partial charge on any atom is -0.305 e. The van der Waals surface area contributed by atoms with Gasteiger partial charge in [-0.3, -0.25) is 5.10 Å². The summed E-state index contributed by atoms with van der Waals surface area (Å²) < 4.78 is 13.3. The maximum atomic E-state index is 13.3. The van der Waals surface area contributed by atoms with E-state index in [0.29, 0.717) is 5.69 Å². The summed E-state index contributed by atoms with van der Waals surface area (Å²) >= 11 is 0. The maximum absolute atomic E-state index is 13.3. The monoisotopic (exact) mass is 234 g/mol. The number of halogens is 1. The third kappa shape index (κ3) is 2.81. The molecule has 0 aliphatic carbocycles. The van der Waals surface area contributed by atoms with Crippen molar-refractivity contribution in [2.24, 2.45) is 0 Å². The van der Waals surface area contributed by atoms with E-state index in [1.165, 1.54) is 18.5 Å². The van der Waals surface area contributed by atoms with Gasteiger partial charge in [-0.1, -0.05) is 6.07 Å². The highest BCUT2D eigenvalue weighted by molar-refractivity contribution is 5.99. The van der Waals surface area contributed by atoms with Gasteiger partial charge in [0.2, 0.25) is 0 Å². The highest BCUT2D eigenvalue weighted by atomic mass is 19.1. The number of nitrogens with zero attached hydrogens (tertiary/aromatic N) is 1. The molecule has 6 heteroatoms. The average molecular weight is 234 g/mol. The SMILES string of the molecule is Cc1ccc(F)c(NC(=O)Nc2cn[nH]c2)c1. The maximum Gasteiger partial charge on any atom is 0.323 e. The summed E-state index contributed by atoms with van der Waals surface area (Å²) in [5.74, 6) is -0.474. The van der Waals surface area contributed by atoms with Gasteiger partial charge in [0.05, 0.1) is 17.6 Å². The highest BCUT2D eigenvalue weighted by Crippen LogP contribution is 2.15. The number of hydrogen-bond acceptors (Lipinski definition) is 2. The van der Waals surface area contributed by atoms with E-state index in [2.05, 4.69) is 20.8 Å². The van der Waals surface area contributed by atoms with Crippen molar-refractivity contribution in [3.8, 4) is 0 Å². The number of H-pyrrole nitrogens is 1. The molecule has 1 aromatic carbocycles. The van der Waals surface area contributed by atoms with E-state index in [1.54, 1.807) is 12.1 Å². The molecule has 1 heterocycles. The number of aromatic amines is 1. The van der Waals surface area contributed by atoms with Crippen molar-refractivity contribution in [1.29, 1.82) is 0 Å². The number of nitrogens with one attached hydrogen (secondary N) is 3. The zero-order valence-corrected chi connectivity index (χ0v) is 9.12. The smallest absolute Gasteiger partial charge is 0.305 e. The lowest BCUT2D eigenvalue weighted by molar-refractivity contribution is 0.262. The molecule has 2 amide bonds. The van der Waals surface area contributed by atoms with Gasteiger partial charge in [0.15, 0.2) is 0 Å². The molecule has 0 saturated heterocycles. The van der Waals surface area contributed by atoms with Gasteiger partial charge in [-0.15, -0.1) is 0 Å². The molecule has 0 aliphatic rings. The lowest BCUT2D eigenvalue weighted by Gasteiger charge is -2.07. The number of benzene rings is 1. The zero-order valence-electron chi connectivity index (χ0n) is 9.12. The summed E-state index contributed by atoms with van der Waals surface area (Å²) in [4.78, 5) is 11.5. The molecule has 0 atom stereocenters. The van der Waals surface area contributed by atoms with E-state index in [0.717, 1.165) is 5.56 Å². The Labute approximate surface area is 97.0 Å². The van der Waals surface area contributed by atoms with E-state index < -0.39 is 11.8 Å². The standard InChI is InChI=1S/C11H11FN4O/c1-7-2-3-9(12)10(4-7)16-11(17)15-8-5-13-14-6-8/h2-6H,1H3,(H,13,14)(H2,15,16,17). The largest absolute Gasteiger partial charge is 0.323 e. The second-order valence-electron chi connectivity index (χ2n) is 3.55. The van der Waals surface area contributed by atoms with Gasteiger partial charge in [-0.25, -0.2) is 9.18 Å². The van der Waals surface area contributed by atoms with Crippen LogP contribution in [0.3, 0.4) is 0 Å². The first-order valence-corrected chi connectivity index (χ1v) is 4.98. The van der Waals surface area contributed by atoms with Gasteiger partial charge >= 0.3 is 6.03 Å². The molecule has 0 bridgehead atoms. The average Bonchev–Trinajstić information content (AvgIpc) is 2.76. The molecule has 5 nitrogen and oxygen atoms in total. The fraction of sp³-hybridized carbons (Fsp3) is 0.0909. The Balaban J connectivity index is 2.05. The summed E-state index contributed by atoms with van der Waals surface area (Å²) in [7, 11) is 0. The van der Waals surface area contributed by atoms with E-state index >= 15 is 0 Å². The molecule has 2 rings (SSSR count). The topological polar surface area (TPSA) is 69.8 Å². The first-order valence-electron chi connectivity index (χ1n) is 4.98. The van der Waals surface area contributed by atoms with Crippen LogP contribution in [0.1, 0.15) is 5.56 Å². The van der Waals surface area contributed by atoms with E-state index in [9.17, 15) is 9.18 Å². The van der Waals surface area contributed by atoms with Crippen LogP contribution in [0.2, 0.25) is 0 Å². The molecule has 3 N–H and O–H groups in total. The van der Waals surface area contributed by atoms with Crippen molar-refractivity contribution in [3.63, 3.8) is 0 Å². The van der Waals surface area contributed by atoms with Crippen LogP contribution in [0.25, 0.3) is 0 Å². The third-order valence-electron chi connectivity index (χ3n) is 2.13.